The Morgan fingerprint density at radius 2 is 1.45 bits per heavy atom. The summed E-state index contributed by atoms with van der Waals surface area (Å²) in [5.41, 5.74) is 16.8. The number of guanidine groups is 1. The third kappa shape index (κ3) is 13.1. The summed E-state index contributed by atoms with van der Waals surface area (Å²) < 4.78 is 0. The van der Waals surface area contributed by atoms with Crippen molar-refractivity contribution in [2.45, 2.75) is 56.3 Å². The second-order valence-electron chi connectivity index (χ2n) is 8.83. The van der Waals surface area contributed by atoms with Gasteiger partial charge in [-0.1, -0.05) is 12.1 Å². The Kier molecular flexibility index (Phi) is 14.9. The first-order chi connectivity index (χ1) is 18.8. The van der Waals surface area contributed by atoms with Gasteiger partial charge in [-0.2, -0.15) is 11.8 Å². The predicted molar refractivity (Wildman–Crippen MR) is 148 cm³/mol. The Morgan fingerprint density at radius 1 is 0.900 bits per heavy atom. The summed E-state index contributed by atoms with van der Waals surface area (Å²) >= 11 is 1.40. The number of thioether (sulfide) groups is 1. The van der Waals surface area contributed by atoms with Crippen LogP contribution in [0.15, 0.2) is 29.3 Å². The Hall–Kier alpha value is -4.05. The fraction of sp³-hybridized carbons (Fsp3) is 0.500. The van der Waals surface area contributed by atoms with Crippen molar-refractivity contribution < 1.29 is 39.3 Å². The molecule has 1 aromatic carbocycles. The first-order valence-electron chi connectivity index (χ1n) is 12.3. The Bertz CT molecular complexity index is 1050. The van der Waals surface area contributed by atoms with Crippen molar-refractivity contribution in [3.8, 4) is 5.75 Å². The van der Waals surface area contributed by atoms with Gasteiger partial charge in [0.25, 0.3) is 0 Å². The number of rotatable bonds is 18. The van der Waals surface area contributed by atoms with E-state index in [0.717, 1.165) is 0 Å². The van der Waals surface area contributed by atoms with Crippen molar-refractivity contribution in [2.75, 3.05) is 18.6 Å². The highest BCUT2D eigenvalue weighted by atomic mass is 32.2. The van der Waals surface area contributed by atoms with Crippen LogP contribution in [-0.4, -0.2) is 93.7 Å². The van der Waals surface area contributed by atoms with Gasteiger partial charge >= 0.3 is 11.9 Å². The second kappa shape index (κ2) is 17.5. The van der Waals surface area contributed by atoms with Gasteiger partial charge in [0.1, 0.15) is 23.9 Å². The zero-order valence-corrected chi connectivity index (χ0v) is 22.9. The fourth-order valence-corrected chi connectivity index (χ4v) is 3.92. The van der Waals surface area contributed by atoms with Crippen molar-refractivity contribution in [3.63, 3.8) is 0 Å². The number of amides is 3. The van der Waals surface area contributed by atoms with E-state index in [2.05, 4.69) is 20.9 Å². The lowest BCUT2D eigenvalue weighted by molar-refractivity contribution is -0.142. The molecule has 1 rings (SSSR count). The topological polar surface area (TPSA) is 273 Å². The molecule has 15 nitrogen and oxygen atoms in total. The molecule has 0 bridgehead atoms. The summed E-state index contributed by atoms with van der Waals surface area (Å²) in [5.74, 6) is -4.70. The lowest BCUT2D eigenvalue weighted by Crippen LogP contribution is -2.57. The summed E-state index contributed by atoms with van der Waals surface area (Å²) in [6.07, 6.45) is 1.49. The van der Waals surface area contributed by atoms with Crippen LogP contribution >= 0.6 is 11.8 Å². The van der Waals surface area contributed by atoms with Crippen LogP contribution in [-0.2, 0) is 30.4 Å². The molecule has 222 valence electrons. The van der Waals surface area contributed by atoms with Crippen LogP contribution < -0.4 is 33.2 Å². The number of aromatic hydroxyl groups is 1. The van der Waals surface area contributed by atoms with Gasteiger partial charge in [0, 0.05) is 13.0 Å². The Morgan fingerprint density at radius 3 is 1.98 bits per heavy atom. The van der Waals surface area contributed by atoms with Crippen molar-refractivity contribution in [1.82, 2.24) is 16.0 Å². The molecule has 4 unspecified atom stereocenters. The lowest BCUT2D eigenvalue weighted by atomic mass is 10.0. The number of carbonyl (C=O) groups is 5. The number of aliphatic imine (C=N–C) groups is 1. The van der Waals surface area contributed by atoms with Crippen LogP contribution in [0.25, 0.3) is 0 Å². The first kappa shape index (κ1) is 34.0. The van der Waals surface area contributed by atoms with Crippen LogP contribution in [0.2, 0.25) is 0 Å². The minimum atomic E-state index is -1.42. The third-order valence-corrected chi connectivity index (χ3v) is 6.19. The van der Waals surface area contributed by atoms with Gasteiger partial charge in [-0.05, 0) is 49.0 Å². The molecular formula is C24H37N7O8S. The van der Waals surface area contributed by atoms with E-state index < -0.39 is 60.2 Å². The first-order valence-corrected chi connectivity index (χ1v) is 13.7. The van der Waals surface area contributed by atoms with Gasteiger partial charge in [0.2, 0.25) is 17.7 Å². The Labute approximate surface area is 235 Å². The zero-order valence-electron chi connectivity index (χ0n) is 22.0. The molecule has 4 atom stereocenters. The molecular weight excluding hydrogens is 546 g/mol. The number of carboxylic acids is 2. The monoisotopic (exact) mass is 583 g/mol. The van der Waals surface area contributed by atoms with Gasteiger partial charge in [0.15, 0.2) is 5.96 Å². The zero-order chi connectivity index (χ0) is 30.2. The number of aliphatic carboxylic acids is 2. The number of nitrogens with zero attached hydrogens (tertiary/aromatic N) is 1. The minimum absolute atomic E-state index is 0.00311. The molecule has 40 heavy (non-hydrogen) atoms. The second-order valence-corrected chi connectivity index (χ2v) is 9.81. The highest BCUT2D eigenvalue weighted by molar-refractivity contribution is 7.98. The number of benzene rings is 1. The SMILES string of the molecule is CSCCC(NC(=O)C(CCCN=C(N)N)NC(=O)C(N)CC(=O)O)C(=O)NC(Cc1ccc(O)cc1)C(=O)O. The normalized spacial score (nSPS) is 13.7. The predicted octanol–water partition coefficient (Wildman–Crippen LogP) is -1.92. The number of hydrogen-bond donors (Lipinski definition) is 9. The minimum Gasteiger partial charge on any atom is -0.508 e. The molecule has 0 aromatic heterocycles. The molecule has 1 aromatic rings. The fourth-order valence-electron chi connectivity index (χ4n) is 3.45. The van der Waals surface area contributed by atoms with E-state index in [9.17, 15) is 34.2 Å². The van der Waals surface area contributed by atoms with Crippen LogP contribution in [0.1, 0.15) is 31.2 Å². The summed E-state index contributed by atoms with van der Waals surface area (Å²) in [7, 11) is 0. The average molecular weight is 584 g/mol. The van der Waals surface area contributed by atoms with Crippen LogP contribution in [0, 0.1) is 0 Å². The molecule has 16 heteroatoms. The van der Waals surface area contributed by atoms with Gasteiger partial charge < -0.3 is 48.5 Å². The van der Waals surface area contributed by atoms with E-state index in [1.165, 1.54) is 36.0 Å². The average Bonchev–Trinajstić information content (AvgIpc) is 2.88. The molecule has 0 heterocycles. The largest absolute Gasteiger partial charge is 0.508 e. The highest BCUT2D eigenvalue weighted by Gasteiger charge is 2.30. The van der Waals surface area contributed by atoms with E-state index in [1.54, 1.807) is 6.26 Å². The molecule has 0 saturated heterocycles. The van der Waals surface area contributed by atoms with Crippen LogP contribution in [0.3, 0.4) is 0 Å². The van der Waals surface area contributed by atoms with Gasteiger partial charge in [-0.3, -0.25) is 24.2 Å². The van der Waals surface area contributed by atoms with Crippen molar-refractivity contribution >= 4 is 47.4 Å². The number of nitrogens with one attached hydrogen (secondary N) is 3. The number of hydrogen-bond acceptors (Lipinski definition) is 9. The van der Waals surface area contributed by atoms with Crippen molar-refractivity contribution in [1.29, 1.82) is 0 Å². The maximum atomic E-state index is 13.2. The number of nitrogens with two attached hydrogens (primary N) is 3. The summed E-state index contributed by atoms with van der Waals surface area (Å²) in [5, 5.41) is 35.4. The molecule has 0 spiro atoms. The molecule has 0 fully saturated rings. The van der Waals surface area contributed by atoms with Crippen molar-refractivity contribution in [3.05, 3.63) is 29.8 Å². The number of phenols is 1. The quantitative estimate of drug-likeness (QED) is 0.0520. The van der Waals surface area contributed by atoms with E-state index in [0.29, 0.717) is 11.3 Å². The van der Waals surface area contributed by atoms with Gasteiger partial charge in [-0.15, -0.1) is 0 Å². The van der Waals surface area contributed by atoms with Crippen LogP contribution in [0.4, 0.5) is 0 Å². The smallest absolute Gasteiger partial charge is 0.326 e. The standard InChI is InChI=1S/C24H37N7O8S/c1-40-10-8-17(22(37)31-18(23(38)39)11-13-4-6-14(32)7-5-13)30-21(36)16(3-2-9-28-24(26)27)29-20(35)15(25)12-19(33)34/h4-7,15-18,32H,2-3,8-12,25H2,1H3,(H,29,35)(H,30,36)(H,31,37)(H,33,34)(H,38,39)(H4,26,27,28). The molecule has 0 saturated carbocycles. The van der Waals surface area contributed by atoms with E-state index in [4.69, 9.17) is 22.3 Å². The van der Waals surface area contributed by atoms with E-state index >= 15 is 0 Å². The number of carboxylic acid groups (broad SMARTS) is 2. The molecule has 0 aliphatic carbocycles. The lowest BCUT2D eigenvalue weighted by Gasteiger charge is -2.25. The molecule has 0 radical (unpaired) electrons. The molecule has 3 amide bonds. The highest BCUT2D eigenvalue weighted by Crippen LogP contribution is 2.12. The summed E-state index contributed by atoms with van der Waals surface area (Å²) in [6, 6.07) is 0.727. The summed E-state index contributed by atoms with van der Waals surface area (Å²) in [6.45, 7) is 0.136. The molecule has 0 aliphatic rings. The third-order valence-electron chi connectivity index (χ3n) is 5.54. The number of carbonyl (C=O) groups excluding carboxylic acids is 3. The van der Waals surface area contributed by atoms with E-state index in [1.807, 2.05) is 0 Å². The van der Waals surface area contributed by atoms with E-state index in [-0.39, 0.29) is 43.9 Å². The maximum Gasteiger partial charge on any atom is 0.326 e. The van der Waals surface area contributed by atoms with Gasteiger partial charge in [-0.25, -0.2) is 4.79 Å². The van der Waals surface area contributed by atoms with Crippen molar-refractivity contribution in [2.24, 2.45) is 22.2 Å². The Balaban J connectivity index is 3.04. The molecule has 12 N–H and O–H groups in total. The summed E-state index contributed by atoms with van der Waals surface area (Å²) in [4.78, 5) is 65.3. The molecule has 0 aliphatic heterocycles. The van der Waals surface area contributed by atoms with Gasteiger partial charge in [0.05, 0.1) is 12.5 Å². The number of phenolic OH excluding ortho intramolecular Hbond substituents is 1. The maximum absolute atomic E-state index is 13.2. The van der Waals surface area contributed by atoms with Crippen LogP contribution in [0.5, 0.6) is 5.75 Å².